The molecule has 3 aromatic carbocycles. The van der Waals surface area contributed by atoms with Crippen LogP contribution in [0.3, 0.4) is 0 Å². The number of rotatable bonds is 5. The van der Waals surface area contributed by atoms with Crippen LogP contribution in [-0.2, 0) is 4.79 Å². The topological polar surface area (TPSA) is 77.4 Å². The van der Waals surface area contributed by atoms with Gasteiger partial charge in [-0.05, 0) is 48.9 Å². The van der Waals surface area contributed by atoms with Crippen LogP contribution < -0.4 is 20.1 Å². The Morgan fingerprint density at radius 3 is 2.45 bits per heavy atom. The van der Waals surface area contributed by atoms with E-state index in [1.165, 1.54) is 0 Å². The summed E-state index contributed by atoms with van der Waals surface area (Å²) in [5.74, 6) is 1.84. The number of carbonyl (C=O) groups is 1. The number of fused-ring (bicyclic) bond motifs is 3. The lowest BCUT2D eigenvalue weighted by atomic mass is 9.94. The van der Waals surface area contributed by atoms with Crippen LogP contribution in [0.25, 0.3) is 11.0 Å². The molecule has 1 aliphatic rings. The van der Waals surface area contributed by atoms with Crippen LogP contribution in [0.4, 0.5) is 11.6 Å². The number of nitrogens with zero attached hydrogens (tertiary/aromatic N) is 2. The summed E-state index contributed by atoms with van der Waals surface area (Å²) in [6.45, 7) is 1.90. The molecule has 33 heavy (non-hydrogen) atoms. The fourth-order valence-electron chi connectivity index (χ4n) is 4.30. The van der Waals surface area contributed by atoms with Crippen molar-refractivity contribution in [2.24, 2.45) is 0 Å². The minimum Gasteiger partial charge on any atom is -0.497 e. The van der Waals surface area contributed by atoms with Gasteiger partial charge in [0.2, 0.25) is 5.95 Å². The molecule has 0 spiro atoms. The summed E-state index contributed by atoms with van der Waals surface area (Å²) in [4.78, 5) is 18.5. The van der Waals surface area contributed by atoms with E-state index in [0.717, 1.165) is 28.0 Å². The summed E-state index contributed by atoms with van der Waals surface area (Å²) in [7, 11) is 3.22. The number of anilines is 2. The number of methoxy groups -OCH3 is 2. The number of hydrogen-bond donors (Lipinski definition) is 2. The number of carbonyl (C=O) groups excluding carboxylic acids is 1. The lowest BCUT2D eigenvalue weighted by Gasteiger charge is -2.31. The van der Waals surface area contributed by atoms with Gasteiger partial charge in [0.25, 0.3) is 5.91 Å². The van der Waals surface area contributed by atoms with E-state index >= 15 is 0 Å². The second-order valence-corrected chi connectivity index (χ2v) is 7.79. The van der Waals surface area contributed by atoms with Crippen molar-refractivity contribution in [3.63, 3.8) is 0 Å². The number of allylic oxidation sites excluding steroid dienone is 1. The predicted molar refractivity (Wildman–Crippen MR) is 129 cm³/mol. The van der Waals surface area contributed by atoms with E-state index < -0.39 is 0 Å². The quantitative estimate of drug-likeness (QED) is 0.458. The first kappa shape index (κ1) is 20.6. The van der Waals surface area contributed by atoms with E-state index in [4.69, 9.17) is 14.5 Å². The van der Waals surface area contributed by atoms with Gasteiger partial charge in [-0.2, -0.15) is 0 Å². The van der Waals surface area contributed by atoms with E-state index in [1.807, 2.05) is 79.7 Å². The minimum atomic E-state index is -0.380. The van der Waals surface area contributed by atoms with Gasteiger partial charge in [0, 0.05) is 5.70 Å². The number of amides is 1. The Kier molecular flexibility index (Phi) is 5.22. The summed E-state index contributed by atoms with van der Waals surface area (Å²) >= 11 is 0. The van der Waals surface area contributed by atoms with Gasteiger partial charge in [0.05, 0.1) is 42.6 Å². The predicted octanol–water partition coefficient (Wildman–Crippen LogP) is 4.98. The fourth-order valence-corrected chi connectivity index (χ4v) is 4.30. The summed E-state index contributed by atoms with van der Waals surface area (Å²) in [5.41, 5.74) is 4.70. The molecule has 2 heterocycles. The molecule has 5 rings (SSSR count). The van der Waals surface area contributed by atoms with Gasteiger partial charge in [-0.3, -0.25) is 9.36 Å². The van der Waals surface area contributed by atoms with E-state index in [1.54, 1.807) is 14.2 Å². The van der Waals surface area contributed by atoms with Gasteiger partial charge in [0.1, 0.15) is 11.5 Å². The van der Waals surface area contributed by atoms with Crippen molar-refractivity contribution in [2.45, 2.75) is 13.0 Å². The van der Waals surface area contributed by atoms with Gasteiger partial charge in [-0.1, -0.05) is 36.4 Å². The lowest BCUT2D eigenvalue weighted by Crippen LogP contribution is -2.31. The van der Waals surface area contributed by atoms with Crippen LogP contribution in [-0.4, -0.2) is 29.7 Å². The zero-order valence-electron chi connectivity index (χ0n) is 18.6. The number of benzene rings is 3. The Hall–Kier alpha value is -4.26. The molecule has 0 saturated carbocycles. The number of nitrogens with one attached hydrogen (secondary N) is 2. The Bertz CT molecular complexity index is 1370. The molecule has 4 aromatic rings. The van der Waals surface area contributed by atoms with Gasteiger partial charge in [-0.15, -0.1) is 0 Å². The van der Waals surface area contributed by atoms with Crippen LogP contribution in [0.2, 0.25) is 0 Å². The van der Waals surface area contributed by atoms with Crippen LogP contribution in [0.15, 0.2) is 84.1 Å². The first-order valence-electron chi connectivity index (χ1n) is 10.6. The van der Waals surface area contributed by atoms with Gasteiger partial charge in [-0.25, -0.2) is 4.98 Å². The molecular weight excluding hydrogens is 416 g/mol. The molecule has 1 amide bonds. The molecule has 0 bridgehead atoms. The van der Waals surface area contributed by atoms with Gasteiger partial charge in [0.15, 0.2) is 0 Å². The Labute approximate surface area is 191 Å². The number of ether oxygens (including phenoxy) is 2. The Morgan fingerprint density at radius 1 is 0.970 bits per heavy atom. The summed E-state index contributed by atoms with van der Waals surface area (Å²) in [6, 6.07) is 22.7. The molecule has 1 atom stereocenters. The molecule has 2 N–H and O–H groups in total. The van der Waals surface area contributed by atoms with E-state index in [2.05, 4.69) is 15.2 Å². The SMILES string of the molecule is COc1ccc([C@H]2C(C(=O)Nc3ccccc3OC)=C(C)Nc3nc4ccccc4n32)cc1. The number of para-hydroxylation sites is 4. The minimum absolute atomic E-state index is 0.214. The molecule has 0 radical (unpaired) electrons. The standard InChI is InChI=1S/C26H24N4O3/c1-16-23(25(31)28-20-9-5-7-11-22(20)33-3)24(17-12-14-18(32-2)15-13-17)30-21-10-6-4-8-19(21)29-26(30)27-16/h4-15,24H,1-3H3,(H,27,29)(H,28,31)/t24-/m0/s1. The van der Waals surface area contributed by atoms with Crippen molar-refractivity contribution >= 4 is 28.6 Å². The smallest absolute Gasteiger partial charge is 0.255 e. The average molecular weight is 441 g/mol. The van der Waals surface area contributed by atoms with Crippen molar-refractivity contribution < 1.29 is 14.3 Å². The van der Waals surface area contributed by atoms with E-state index in [9.17, 15) is 4.79 Å². The molecule has 7 heteroatoms. The maximum absolute atomic E-state index is 13.7. The summed E-state index contributed by atoms with van der Waals surface area (Å²) in [6.07, 6.45) is 0. The van der Waals surface area contributed by atoms with Crippen LogP contribution in [0.5, 0.6) is 11.5 Å². The molecule has 1 aromatic heterocycles. The molecule has 7 nitrogen and oxygen atoms in total. The highest BCUT2D eigenvalue weighted by atomic mass is 16.5. The zero-order valence-corrected chi connectivity index (χ0v) is 18.6. The second kappa shape index (κ2) is 8.35. The van der Waals surface area contributed by atoms with Gasteiger partial charge >= 0.3 is 0 Å². The maximum atomic E-state index is 13.7. The number of hydrogen-bond acceptors (Lipinski definition) is 5. The van der Waals surface area contributed by atoms with Crippen LogP contribution in [0, 0.1) is 0 Å². The third-order valence-corrected chi connectivity index (χ3v) is 5.86. The molecule has 0 unspecified atom stereocenters. The first-order valence-corrected chi connectivity index (χ1v) is 10.6. The highest BCUT2D eigenvalue weighted by Gasteiger charge is 2.34. The summed E-state index contributed by atoms with van der Waals surface area (Å²) < 4.78 is 12.8. The highest BCUT2D eigenvalue weighted by Crippen LogP contribution is 2.40. The molecule has 0 saturated heterocycles. The Balaban J connectivity index is 1.65. The van der Waals surface area contributed by atoms with Crippen LogP contribution in [0.1, 0.15) is 18.5 Å². The van der Waals surface area contributed by atoms with Crippen molar-refractivity contribution in [1.82, 2.24) is 9.55 Å². The fraction of sp³-hybridized carbons (Fsp3) is 0.154. The highest BCUT2D eigenvalue weighted by molar-refractivity contribution is 6.07. The third-order valence-electron chi connectivity index (χ3n) is 5.86. The van der Waals surface area contributed by atoms with Crippen LogP contribution >= 0.6 is 0 Å². The van der Waals surface area contributed by atoms with Crippen molar-refractivity contribution in [3.05, 3.63) is 89.6 Å². The summed E-state index contributed by atoms with van der Waals surface area (Å²) in [5, 5.41) is 6.37. The normalized spacial score (nSPS) is 15.1. The monoisotopic (exact) mass is 440 g/mol. The molecular formula is C26H24N4O3. The largest absolute Gasteiger partial charge is 0.497 e. The van der Waals surface area contributed by atoms with Crippen molar-refractivity contribution in [3.8, 4) is 11.5 Å². The average Bonchev–Trinajstić information content (AvgIpc) is 3.21. The lowest BCUT2D eigenvalue weighted by molar-refractivity contribution is -0.113. The molecule has 0 aliphatic carbocycles. The number of imidazole rings is 1. The molecule has 1 aliphatic heterocycles. The second-order valence-electron chi connectivity index (χ2n) is 7.79. The molecule has 0 fully saturated rings. The first-order chi connectivity index (χ1) is 16.1. The van der Waals surface area contributed by atoms with Gasteiger partial charge < -0.3 is 20.1 Å². The van der Waals surface area contributed by atoms with E-state index in [0.29, 0.717) is 23.0 Å². The zero-order chi connectivity index (χ0) is 22.9. The third kappa shape index (κ3) is 3.57. The number of aromatic nitrogens is 2. The van der Waals surface area contributed by atoms with E-state index in [-0.39, 0.29) is 11.9 Å². The maximum Gasteiger partial charge on any atom is 0.255 e. The Morgan fingerprint density at radius 2 is 1.70 bits per heavy atom. The van der Waals surface area contributed by atoms with Crippen molar-refractivity contribution in [1.29, 1.82) is 0 Å². The molecule has 166 valence electrons. The van der Waals surface area contributed by atoms with Crippen molar-refractivity contribution in [2.75, 3.05) is 24.9 Å².